The first-order valence-electron chi connectivity index (χ1n) is 5.95. The molecule has 0 aromatic carbocycles. The molecule has 1 atom stereocenters. The van der Waals surface area contributed by atoms with E-state index in [1.165, 1.54) is 18.5 Å². The number of hydrogen-bond donors (Lipinski definition) is 0. The minimum absolute atomic E-state index is 0.294. The third-order valence-electron chi connectivity index (χ3n) is 3.74. The summed E-state index contributed by atoms with van der Waals surface area (Å²) in [7, 11) is 0. The van der Waals surface area contributed by atoms with Gasteiger partial charge in [0.15, 0.2) is 5.78 Å². The Bertz CT molecular complexity index is 298. The maximum absolute atomic E-state index is 10.9. The Labute approximate surface area is 92.3 Å². The Kier molecular flexibility index (Phi) is 2.61. The standard InChI is InChI=1S/C13H21NO/c1-13(2,3)10-5-4-6-14(9-10)11-7-12(15)8-11/h7,10H,4-6,8-9H2,1-3H3. The van der Waals surface area contributed by atoms with Gasteiger partial charge in [0.2, 0.25) is 0 Å². The lowest BCUT2D eigenvalue weighted by molar-refractivity contribution is -0.116. The third-order valence-corrected chi connectivity index (χ3v) is 3.74. The lowest BCUT2D eigenvalue weighted by Gasteiger charge is -2.42. The van der Waals surface area contributed by atoms with Crippen LogP contribution in [0.3, 0.4) is 0 Å². The van der Waals surface area contributed by atoms with E-state index in [0.29, 0.717) is 17.6 Å². The maximum Gasteiger partial charge on any atom is 0.163 e. The molecular formula is C13H21NO. The molecular weight excluding hydrogens is 186 g/mol. The zero-order valence-electron chi connectivity index (χ0n) is 10.0. The number of hydrogen-bond acceptors (Lipinski definition) is 2. The third kappa shape index (κ3) is 2.24. The average molecular weight is 207 g/mol. The number of carbonyl (C=O) groups is 1. The minimum Gasteiger partial charge on any atom is -0.374 e. The van der Waals surface area contributed by atoms with Crippen molar-refractivity contribution in [2.45, 2.75) is 40.0 Å². The van der Waals surface area contributed by atoms with Crippen LogP contribution in [-0.4, -0.2) is 23.8 Å². The van der Waals surface area contributed by atoms with Crippen LogP contribution in [-0.2, 0) is 4.79 Å². The fourth-order valence-electron chi connectivity index (χ4n) is 2.48. The molecule has 1 aliphatic heterocycles. The van der Waals surface area contributed by atoms with Crippen molar-refractivity contribution < 1.29 is 4.79 Å². The molecule has 0 aromatic rings. The summed E-state index contributed by atoms with van der Waals surface area (Å²) in [6, 6.07) is 0. The molecule has 0 amide bonds. The molecule has 0 bridgehead atoms. The Morgan fingerprint density at radius 2 is 2.07 bits per heavy atom. The van der Waals surface area contributed by atoms with Crippen LogP contribution in [0, 0.1) is 11.3 Å². The second-order valence-electron chi connectivity index (χ2n) is 5.93. The van der Waals surface area contributed by atoms with Crippen LogP contribution in [0.4, 0.5) is 0 Å². The molecule has 1 unspecified atom stereocenters. The Hall–Kier alpha value is -0.790. The van der Waals surface area contributed by atoms with Gasteiger partial charge < -0.3 is 4.90 Å². The second-order valence-corrected chi connectivity index (χ2v) is 5.93. The highest BCUT2D eigenvalue weighted by molar-refractivity contribution is 5.98. The summed E-state index contributed by atoms with van der Waals surface area (Å²) in [5, 5.41) is 0. The molecule has 0 radical (unpaired) electrons. The van der Waals surface area contributed by atoms with Gasteiger partial charge in [0.25, 0.3) is 0 Å². The highest BCUT2D eigenvalue weighted by Crippen LogP contribution is 2.35. The normalized spacial score (nSPS) is 27.4. The lowest BCUT2D eigenvalue weighted by Crippen LogP contribution is -2.42. The van der Waals surface area contributed by atoms with Crippen molar-refractivity contribution in [3.05, 3.63) is 11.8 Å². The molecule has 0 spiro atoms. The van der Waals surface area contributed by atoms with Gasteiger partial charge in [-0.15, -0.1) is 0 Å². The Morgan fingerprint density at radius 3 is 2.60 bits per heavy atom. The zero-order valence-corrected chi connectivity index (χ0v) is 10.0. The van der Waals surface area contributed by atoms with E-state index in [0.717, 1.165) is 19.0 Å². The number of nitrogens with zero attached hydrogens (tertiary/aromatic N) is 1. The van der Waals surface area contributed by atoms with Crippen LogP contribution in [0.15, 0.2) is 11.8 Å². The minimum atomic E-state index is 0.294. The molecule has 0 saturated carbocycles. The van der Waals surface area contributed by atoms with Crippen molar-refractivity contribution in [3.8, 4) is 0 Å². The van der Waals surface area contributed by atoms with Crippen molar-refractivity contribution in [1.82, 2.24) is 4.90 Å². The highest BCUT2D eigenvalue weighted by Gasteiger charge is 2.32. The van der Waals surface area contributed by atoms with Crippen LogP contribution in [0.2, 0.25) is 0 Å². The van der Waals surface area contributed by atoms with Crippen LogP contribution < -0.4 is 0 Å². The number of allylic oxidation sites excluding steroid dienone is 2. The van der Waals surface area contributed by atoms with Gasteiger partial charge in [-0.05, 0) is 24.2 Å². The van der Waals surface area contributed by atoms with Crippen molar-refractivity contribution >= 4 is 5.78 Å². The molecule has 1 saturated heterocycles. The largest absolute Gasteiger partial charge is 0.374 e. The number of piperidine rings is 1. The highest BCUT2D eigenvalue weighted by atomic mass is 16.1. The molecule has 84 valence electrons. The van der Waals surface area contributed by atoms with E-state index in [2.05, 4.69) is 25.7 Å². The molecule has 0 N–H and O–H groups in total. The summed E-state index contributed by atoms with van der Waals surface area (Å²) in [5.74, 6) is 1.06. The molecule has 2 rings (SSSR count). The number of ketones is 1. The van der Waals surface area contributed by atoms with Crippen molar-refractivity contribution in [3.63, 3.8) is 0 Å². The Morgan fingerprint density at radius 1 is 1.40 bits per heavy atom. The van der Waals surface area contributed by atoms with E-state index in [1.807, 2.05) is 6.08 Å². The monoisotopic (exact) mass is 207 g/mol. The van der Waals surface area contributed by atoms with Crippen LogP contribution in [0.25, 0.3) is 0 Å². The van der Waals surface area contributed by atoms with Crippen molar-refractivity contribution in [2.75, 3.05) is 13.1 Å². The molecule has 1 fully saturated rings. The van der Waals surface area contributed by atoms with Gasteiger partial charge in [-0.3, -0.25) is 4.79 Å². The van der Waals surface area contributed by atoms with Crippen molar-refractivity contribution in [1.29, 1.82) is 0 Å². The first-order chi connectivity index (χ1) is 6.97. The number of carbonyl (C=O) groups excluding carboxylic acids is 1. The van der Waals surface area contributed by atoms with Gasteiger partial charge in [0.05, 0.1) is 6.42 Å². The number of likely N-dealkylation sites (tertiary alicyclic amines) is 1. The quantitative estimate of drug-likeness (QED) is 0.658. The van der Waals surface area contributed by atoms with E-state index in [9.17, 15) is 4.79 Å². The van der Waals surface area contributed by atoms with Gasteiger partial charge in [-0.2, -0.15) is 0 Å². The molecule has 15 heavy (non-hydrogen) atoms. The summed E-state index contributed by atoms with van der Waals surface area (Å²) >= 11 is 0. The smallest absolute Gasteiger partial charge is 0.163 e. The second kappa shape index (κ2) is 3.66. The topological polar surface area (TPSA) is 20.3 Å². The lowest BCUT2D eigenvalue weighted by atomic mass is 9.76. The van der Waals surface area contributed by atoms with Gasteiger partial charge in [-0.25, -0.2) is 0 Å². The summed E-state index contributed by atoms with van der Waals surface area (Å²) in [4.78, 5) is 13.3. The van der Waals surface area contributed by atoms with E-state index in [4.69, 9.17) is 0 Å². The van der Waals surface area contributed by atoms with Gasteiger partial charge in [0.1, 0.15) is 0 Å². The van der Waals surface area contributed by atoms with E-state index in [-0.39, 0.29) is 0 Å². The molecule has 2 heteroatoms. The Balaban J connectivity index is 1.99. The molecule has 1 heterocycles. The van der Waals surface area contributed by atoms with Gasteiger partial charge in [0, 0.05) is 24.9 Å². The van der Waals surface area contributed by atoms with Gasteiger partial charge >= 0.3 is 0 Å². The SMILES string of the molecule is CC(C)(C)C1CCCN(C2=CC(=O)C2)C1. The summed E-state index contributed by atoms with van der Waals surface area (Å²) < 4.78 is 0. The van der Waals surface area contributed by atoms with Crippen LogP contribution >= 0.6 is 0 Å². The van der Waals surface area contributed by atoms with E-state index < -0.39 is 0 Å². The predicted octanol–water partition coefficient (Wildman–Crippen LogP) is 2.60. The van der Waals surface area contributed by atoms with Crippen LogP contribution in [0.1, 0.15) is 40.0 Å². The van der Waals surface area contributed by atoms with Crippen molar-refractivity contribution in [2.24, 2.45) is 11.3 Å². The maximum atomic E-state index is 10.9. The first-order valence-corrected chi connectivity index (χ1v) is 5.95. The molecule has 1 aliphatic carbocycles. The summed E-state index contributed by atoms with van der Waals surface area (Å²) in [6.45, 7) is 9.25. The van der Waals surface area contributed by atoms with E-state index in [1.54, 1.807) is 0 Å². The molecule has 2 aliphatic rings. The fourth-order valence-corrected chi connectivity index (χ4v) is 2.48. The number of rotatable bonds is 1. The first kappa shape index (κ1) is 10.7. The molecule has 0 aromatic heterocycles. The zero-order chi connectivity index (χ0) is 11.1. The fraction of sp³-hybridized carbons (Fsp3) is 0.769. The predicted molar refractivity (Wildman–Crippen MR) is 61.5 cm³/mol. The average Bonchev–Trinajstić information content (AvgIpc) is 2.12. The molecule has 2 nitrogen and oxygen atoms in total. The summed E-state index contributed by atoms with van der Waals surface area (Å²) in [5.41, 5.74) is 1.67. The summed E-state index contributed by atoms with van der Waals surface area (Å²) in [6.07, 6.45) is 5.09. The van der Waals surface area contributed by atoms with Gasteiger partial charge in [-0.1, -0.05) is 20.8 Å². The van der Waals surface area contributed by atoms with Crippen LogP contribution in [0.5, 0.6) is 0 Å². The van der Waals surface area contributed by atoms with E-state index >= 15 is 0 Å².